The molecular formula is C16H22N2O3. The number of hydrogen-bond donors (Lipinski definition) is 3. The van der Waals surface area contributed by atoms with Crippen LogP contribution in [0, 0.1) is 5.92 Å². The Morgan fingerprint density at radius 2 is 1.90 bits per heavy atom. The zero-order valence-corrected chi connectivity index (χ0v) is 12.6. The molecule has 0 bridgehead atoms. The van der Waals surface area contributed by atoms with Gasteiger partial charge in [-0.2, -0.15) is 0 Å². The first-order valence-corrected chi connectivity index (χ1v) is 7.20. The van der Waals surface area contributed by atoms with E-state index in [-0.39, 0.29) is 17.9 Å². The Morgan fingerprint density at radius 3 is 2.38 bits per heavy atom. The van der Waals surface area contributed by atoms with Gasteiger partial charge in [-0.1, -0.05) is 12.1 Å². The third-order valence-corrected chi connectivity index (χ3v) is 4.27. The smallest absolute Gasteiger partial charge is 0.313 e. The molecule has 5 heteroatoms. The van der Waals surface area contributed by atoms with E-state index in [9.17, 15) is 14.7 Å². The number of carbonyl (C=O) groups is 2. The highest BCUT2D eigenvalue weighted by Gasteiger charge is 2.30. The van der Waals surface area contributed by atoms with Crippen LogP contribution in [-0.4, -0.2) is 29.6 Å². The van der Waals surface area contributed by atoms with E-state index in [1.165, 1.54) is 0 Å². The largest absolute Gasteiger partial charge is 0.481 e. The molecule has 2 unspecified atom stereocenters. The number of anilines is 1. The summed E-state index contributed by atoms with van der Waals surface area (Å²) in [7, 11) is 0. The SMILES string of the molecule is CC1NCCC1C(=O)Nc1ccc(C(C)(C)C(=O)O)cc1. The second-order valence-electron chi connectivity index (χ2n) is 6.13. The fourth-order valence-corrected chi connectivity index (χ4v) is 2.55. The van der Waals surface area contributed by atoms with Crippen molar-refractivity contribution in [3.63, 3.8) is 0 Å². The van der Waals surface area contributed by atoms with Crippen LogP contribution in [0.1, 0.15) is 32.8 Å². The van der Waals surface area contributed by atoms with Gasteiger partial charge in [-0.25, -0.2) is 0 Å². The highest BCUT2D eigenvalue weighted by Crippen LogP contribution is 2.25. The molecule has 1 heterocycles. The van der Waals surface area contributed by atoms with Gasteiger partial charge in [0.15, 0.2) is 0 Å². The second kappa shape index (κ2) is 5.85. The zero-order chi connectivity index (χ0) is 15.6. The van der Waals surface area contributed by atoms with Gasteiger partial charge in [0.2, 0.25) is 5.91 Å². The highest BCUT2D eigenvalue weighted by molar-refractivity contribution is 5.93. The quantitative estimate of drug-likeness (QED) is 0.792. The van der Waals surface area contributed by atoms with Crippen LogP contribution in [0.15, 0.2) is 24.3 Å². The molecule has 0 spiro atoms. The zero-order valence-electron chi connectivity index (χ0n) is 12.6. The monoisotopic (exact) mass is 290 g/mol. The lowest BCUT2D eigenvalue weighted by Gasteiger charge is -2.20. The minimum Gasteiger partial charge on any atom is -0.481 e. The number of carboxylic acids is 1. The summed E-state index contributed by atoms with van der Waals surface area (Å²) in [6.45, 7) is 6.20. The molecule has 3 N–H and O–H groups in total. The van der Waals surface area contributed by atoms with Crippen LogP contribution in [0.2, 0.25) is 0 Å². The van der Waals surface area contributed by atoms with E-state index in [0.717, 1.165) is 13.0 Å². The van der Waals surface area contributed by atoms with Crippen molar-refractivity contribution < 1.29 is 14.7 Å². The maximum absolute atomic E-state index is 12.2. The van der Waals surface area contributed by atoms with Crippen molar-refractivity contribution in [3.05, 3.63) is 29.8 Å². The molecule has 2 atom stereocenters. The molecule has 1 saturated heterocycles. The molecule has 114 valence electrons. The van der Waals surface area contributed by atoms with E-state index in [1.54, 1.807) is 38.1 Å². The summed E-state index contributed by atoms with van der Waals surface area (Å²) in [5, 5.41) is 15.4. The van der Waals surface area contributed by atoms with Crippen molar-refractivity contribution in [1.29, 1.82) is 0 Å². The number of rotatable bonds is 4. The van der Waals surface area contributed by atoms with Crippen LogP contribution >= 0.6 is 0 Å². The first kappa shape index (κ1) is 15.5. The van der Waals surface area contributed by atoms with Gasteiger partial charge in [0.05, 0.1) is 11.3 Å². The number of hydrogen-bond acceptors (Lipinski definition) is 3. The Hall–Kier alpha value is -1.88. The molecule has 0 saturated carbocycles. The first-order valence-electron chi connectivity index (χ1n) is 7.20. The van der Waals surface area contributed by atoms with Gasteiger partial charge >= 0.3 is 5.97 Å². The van der Waals surface area contributed by atoms with E-state index in [4.69, 9.17) is 0 Å². The topological polar surface area (TPSA) is 78.4 Å². The first-order chi connectivity index (χ1) is 9.82. The average molecular weight is 290 g/mol. The number of aliphatic carboxylic acids is 1. The molecule has 1 aromatic rings. The molecule has 5 nitrogen and oxygen atoms in total. The molecule has 0 aliphatic carbocycles. The van der Waals surface area contributed by atoms with Gasteiger partial charge in [0.25, 0.3) is 0 Å². The fraction of sp³-hybridized carbons (Fsp3) is 0.500. The van der Waals surface area contributed by atoms with Crippen molar-refractivity contribution >= 4 is 17.6 Å². The predicted octanol–water partition coefficient (Wildman–Crippen LogP) is 1.99. The predicted molar refractivity (Wildman–Crippen MR) is 81.3 cm³/mol. The van der Waals surface area contributed by atoms with Crippen molar-refractivity contribution in [1.82, 2.24) is 5.32 Å². The molecule has 1 aliphatic rings. The Bertz CT molecular complexity index is 537. The van der Waals surface area contributed by atoms with Crippen LogP contribution < -0.4 is 10.6 Å². The summed E-state index contributed by atoms with van der Waals surface area (Å²) in [4.78, 5) is 23.4. The standard InChI is InChI=1S/C16H22N2O3/c1-10-13(8-9-17-10)14(19)18-12-6-4-11(5-7-12)16(2,3)15(20)21/h4-7,10,13,17H,8-9H2,1-3H3,(H,18,19)(H,20,21). The number of carboxylic acid groups (broad SMARTS) is 1. The van der Waals surface area contributed by atoms with Gasteiger partial charge in [-0.3, -0.25) is 9.59 Å². The minimum absolute atomic E-state index is 0.0118. The lowest BCUT2D eigenvalue weighted by molar-refractivity contribution is -0.142. The van der Waals surface area contributed by atoms with Crippen LogP contribution in [0.25, 0.3) is 0 Å². The summed E-state index contributed by atoms with van der Waals surface area (Å²) in [6, 6.07) is 7.20. The Morgan fingerprint density at radius 1 is 1.29 bits per heavy atom. The third-order valence-electron chi connectivity index (χ3n) is 4.27. The van der Waals surface area contributed by atoms with Crippen LogP contribution in [-0.2, 0) is 15.0 Å². The van der Waals surface area contributed by atoms with Gasteiger partial charge in [-0.15, -0.1) is 0 Å². The summed E-state index contributed by atoms with van der Waals surface area (Å²) in [5.74, 6) is -0.872. The number of benzene rings is 1. The molecule has 0 aromatic heterocycles. The molecule has 1 fully saturated rings. The lowest BCUT2D eigenvalue weighted by atomic mass is 9.85. The Kier molecular flexibility index (Phi) is 4.32. The molecule has 2 rings (SSSR count). The second-order valence-corrected chi connectivity index (χ2v) is 6.13. The molecular weight excluding hydrogens is 268 g/mol. The third kappa shape index (κ3) is 3.24. The Balaban J connectivity index is 2.06. The maximum atomic E-state index is 12.2. The van der Waals surface area contributed by atoms with Crippen molar-refractivity contribution in [2.24, 2.45) is 5.92 Å². The van der Waals surface area contributed by atoms with Crippen molar-refractivity contribution in [3.8, 4) is 0 Å². The summed E-state index contributed by atoms with van der Waals surface area (Å²) >= 11 is 0. The summed E-state index contributed by atoms with van der Waals surface area (Å²) in [5.41, 5.74) is 0.472. The number of carbonyl (C=O) groups excluding carboxylic acids is 1. The number of amides is 1. The van der Waals surface area contributed by atoms with E-state index in [0.29, 0.717) is 11.3 Å². The summed E-state index contributed by atoms with van der Waals surface area (Å²) in [6.07, 6.45) is 0.844. The van der Waals surface area contributed by atoms with E-state index < -0.39 is 11.4 Å². The van der Waals surface area contributed by atoms with Gasteiger partial charge < -0.3 is 15.7 Å². The molecule has 1 aromatic carbocycles. The fourth-order valence-electron chi connectivity index (χ4n) is 2.55. The van der Waals surface area contributed by atoms with E-state index in [2.05, 4.69) is 10.6 Å². The summed E-state index contributed by atoms with van der Waals surface area (Å²) < 4.78 is 0. The van der Waals surface area contributed by atoms with E-state index >= 15 is 0 Å². The van der Waals surface area contributed by atoms with Crippen molar-refractivity contribution in [2.45, 2.75) is 38.6 Å². The lowest BCUT2D eigenvalue weighted by Crippen LogP contribution is -2.32. The van der Waals surface area contributed by atoms with Gasteiger partial charge in [0, 0.05) is 11.7 Å². The van der Waals surface area contributed by atoms with Gasteiger partial charge in [-0.05, 0) is 51.4 Å². The maximum Gasteiger partial charge on any atom is 0.313 e. The number of nitrogens with one attached hydrogen (secondary N) is 2. The minimum atomic E-state index is -0.938. The average Bonchev–Trinajstić information content (AvgIpc) is 2.85. The molecule has 1 amide bonds. The molecule has 1 aliphatic heterocycles. The van der Waals surface area contributed by atoms with Gasteiger partial charge in [0.1, 0.15) is 0 Å². The van der Waals surface area contributed by atoms with E-state index in [1.807, 2.05) is 6.92 Å². The van der Waals surface area contributed by atoms with Crippen LogP contribution in [0.4, 0.5) is 5.69 Å². The highest BCUT2D eigenvalue weighted by atomic mass is 16.4. The molecule has 0 radical (unpaired) electrons. The molecule has 21 heavy (non-hydrogen) atoms. The van der Waals surface area contributed by atoms with Crippen LogP contribution in [0.5, 0.6) is 0 Å². The van der Waals surface area contributed by atoms with Crippen molar-refractivity contribution in [2.75, 3.05) is 11.9 Å². The van der Waals surface area contributed by atoms with Crippen LogP contribution in [0.3, 0.4) is 0 Å². The Labute approximate surface area is 124 Å². The normalized spacial score (nSPS) is 22.0.